The highest BCUT2D eigenvalue weighted by atomic mass is 32.1. The van der Waals surface area contributed by atoms with Crippen LogP contribution in [0.1, 0.15) is 31.5 Å². The van der Waals surface area contributed by atoms with Gasteiger partial charge in [0.2, 0.25) is 0 Å². The van der Waals surface area contributed by atoms with Gasteiger partial charge in [0, 0.05) is 24.5 Å². The topological polar surface area (TPSA) is 28.2 Å². The van der Waals surface area contributed by atoms with E-state index < -0.39 is 12.1 Å². The van der Waals surface area contributed by atoms with E-state index >= 15 is 0 Å². The molecule has 0 bridgehead atoms. The van der Waals surface area contributed by atoms with E-state index in [0.29, 0.717) is 18.1 Å². The van der Waals surface area contributed by atoms with Crippen LogP contribution in [0.4, 0.5) is 18.3 Å². The van der Waals surface area contributed by atoms with E-state index in [9.17, 15) is 13.2 Å². The standard InChI is InChI=1S/C12H18F3N3S/c1-8(16-2)10-7-19-11(17-10)18-5-3-4-9(6-18)12(13,14)15/h7-9,16H,3-6H2,1-2H3. The van der Waals surface area contributed by atoms with Crippen molar-refractivity contribution < 1.29 is 13.2 Å². The molecule has 0 spiro atoms. The molecular formula is C12H18F3N3S. The van der Waals surface area contributed by atoms with Crippen LogP contribution in [0.3, 0.4) is 0 Å². The summed E-state index contributed by atoms with van der Waals surface area (Å²) in [5, 5.41) is 5.69. The number of piperidine rings is 1. The second kappa shape index (κ2) is 5.66. The molecule has 0 aromatic carbocycles. The van der Waals surface area contributed by atoms with Gasteiger partial charge in [-0.3, -0.25) is 0 Å². The molecule has 2 unspecified atom stereocenters. The third kappa shape index (κ3) is 3.39. The number of halogens is 3. The summed E-state index contributed by atoms with van der Waals surface area (Å²) in [5.74, 6) is -1.23. The van der Waals surface area contributed by atoms with Crippen molar-refractivity contribution in [2.24, 2.45) is 5.92 Å². The van der Waals surface area contributed by atoms with E-state index in [4.69, 9.17) is 0 Å². The molecule has 1 saturated heterocycles. The molecule has 1 aliphatic heterocycles. The average molecular weight is 293 g/mol. The monoisotopic (exact) mass is 293 g/mol. The normalized spacial score (nSPS) is 22.6. The first kappa shape index (κ1) is 14.6. The van der Waals surface area contributed by atoms with E-state index in [1.807, 2.05) is 19.4 Å². The quantitative estimate of drug-likeness (QED) is 0.927. The van der Waals surface area contributed by atoms with Crippen LogP contribution in [0.5, 0.6) is 0 Å². The molecule has 1 N–H and O–H groups in total. The molecule has 0 radical (unpaired) electrons. The first-order valence-electron chi connectivity index (χ1n) is 6.36. The van der Waals surface area contributed by atoms with Crippen LogP contribution < -0.4 is 10.2 Å². The number of nitrogens with one attached hydrogen (secondary N) is 1. The van der Waals surface area contributed by atoms with Crippen LogP contribution in [0.15, 0.2) is 5.38 Å². The minimum atomic E-state index is -4.10. The van der Waals surface area contributed by atoms with Crippen LogP contribution >= 0.6 is 11.3 Å². The minimum absolute atomic E-state index is 0.0321. The molecule has 0 saturated carbocycles. The lowest BCUT2D eigenvalue weighted by Crippen LogP contribution is -2.41. The van der Waals surface area contributed by atoms with Crippen molar-refractivity contribution in [1.82, 2.24) is 10.3 Å². The van der Waals surface area contributed by atoms with E-state index in [1.54, 1.807) is 4.90 Å². The molecule has 1 aliphatic rings. The molecule has 1 fully saturated rings. The van der Waals surface area contributed by atoms with Gasteiger partial charge in [-0.05, 0) is 26.8 Å². The smallest absolute Gasteiger partial charge is 0.347 e. The second-order valence-corrected chi connectivity index (χ2v) is 5.73. The number of thiazole rings is 1. The van der Waals surface area contributed by atoms with Crippen LogP contribution in [0.25, 0.3) is 0 Å². The number of rotatable bonds is 3. The zero-order valence-electron chi connectivity index (χ0n) is 11.0. The number of nitrogens with zero attached hydrogens (tertiary/aromatic N) is 2. The Kier molecular flexibility index (Phi) is 4.35. The number of anilines is 1. The molecule has 3 nitrogen and oxygen atoms in total. The zero-order valence-corrected chi connectivity index (χ0v) is 11.8. The number of alkyl halides is 3. The highest BCUT2D eigenvalue weighted by Crippen LogP contribution is 2.35. The summed E-state index contributed by atoms with van der Waals surface area (Å²) in [6.45, 7) is 2.67. The van der Waals surface area contributed by atoms with Crippen molar-refractivity contribution in [3.8, 4) is 0 Å². The summed E-state index contributed by atoms with van der Waals surface area (Å²) in [6, 6.07) is 0.119. The van der Waals surface area contributed by atoms with Crippen molar-refractivity contribution >= 4 is 16.5 Å². The molecule has 1 aromatic rings. The lowest BCUT2D eigenvalue weighted by molar-refractivity contribution is -0.175. The van der Waals surface area contributed by atoms with Crippen LogP contribution in [0.2, 0.25) is 0 Å². The van der Waals surface area contributed by atoms with Gasteiger partial charge in [0.05, 0.1) is 11.6 Å². The summed E-state index contributed by atoms with van der Waals surface area (Å²) in [4.78, 5) is 6.20. The first-order valence-corrected chi connectivity index (χ1v) is 7.24. The Balaban J connectivity index is 2.07. The van der Waals surface area contributed by atoms with Gasteiger partial charge in [-0.1, -0.05) is 0 Å². The minimum Gasteiger partial charge on any atom is -0.347 e. The maximum atomic E-state index is 12.8. The van der Waals surface area contributed by atoms with Gasteiger partial charge in [0.15, 0.2) is 5.13 Å². The van der Waals surface area contributed by atoms with Gasteiger partial charge in [-0.2, -0.15) is 13.2 Å². The van der Waals surface area contributed by atoms with Crippen molar-refractivity contribution in [1.29, 1.82) is 0 Å². The summed E-state index contributed by atoms with van der Waals surface area (Å²) in [7, 11) is 1.84. The predicted molar refractivity (Wildman–Crippen MR) is 70.6 cm³/mol. The molecule has 7 heteroatoms. The molecule has 1 aromatic heterocycles. The molecule has 108 valence electrons. The molecule has 0 aliphatic carbocycles. The number of hydrogen-bond acceptors (Lipinski definition) is 4. The molecule has 0 amide bonds. The molecule has 19 heavy (non-hydrogen) atoms. The Morgan fingerprint density at radius 2 is 2.26 bits per heavy atom. The number of aromatic nitrogens is 1. The van der Waals surface area contributed by atoms with E-state index in [2.05, 4.69) is 10.3 Å². The maximum Gasteiger partial charge on any atom is 0.393 e. The highest BCUT2D eigenvalue weighted by molar-refractivity contribution is 7.13. The fourth-order valence-electron chi connectivity index (χ4n) is 2.19. The van der Waals surface area contributed by atoms with Crippen LogP contribution in [-0.4, -0.2) is 31.3 Å². The molecular weight excluding hydrogens is 275 g/mol. The van der Waals surface area contributed by atoms with Crippen molar-refractivity contribution in [2.45, 2.75) is 32.0 Å². The average Bonchev–Trinajstić information content (AvgIpc) is 2.86. The molecule has 2 rings (SSSR count). The van der Waals surface area contributed by atoms with Gasteiger partial charge in [-0.25, -0.2) is 4.98 Å². The van der Waals surface area contributed by atoms with Gasteiger partial charge in [-0.15, -0.1) is 11.3 Å². The Bertz CT molecular complexity index is 419. The summed E-state index contributed by atoms with van der Waals surface area (Å²) < 4.78 is 38.3. The predicted octanol–water partition coefficient (Wildman–Crippen LogP) is 3.20. The zero-order chi connectivity index (χ0) is 14.0. The van der Waals surface area contributed by atoms with E-state index in [0.717, 1.165) is 5.69 Å². The highest BCUT2D eigenvalue weighted by Gasteiger charge is 2.42. The van der Waals surface area contributed by atoms with Gasteiger partial charge in [0.25, 0.3) is 0 Å². The second-order valence-electron chi connectivity index (χ2n) is 4.89. The van der Waals surface area contributed by atoms with Gasteiger partial charge in [0.1, 0.15) is 0 Å². The Morgan fingerprint density at radius 1 is 1.53 bits per heavy atom. The van der Waals surface area contributed by atoms with Crippen molar-refractivity contribution in [2.75, 3.05) is 25.0 Å². The third-order valence-electron chi connectivity index (χ3n) is 3.54. The van der Waals surface area contributed by atoms with Crippen LogP contribution in [-0.2, 0) is 0 Å². The van der Waals surface area contributed by atoms with E-state index in [-0.39, 0.29) is 19.0 Å². The Morgan fingerprint density at radius 3 is 2.89 bits per heavy atom. The lowest BCUT2D eigenvalue weighted by atomic mass is 9.98. The van der Waals surface area contributed by atoms with Crippen LogP contribution in [0, 0.1) is 5.92 Å². The first-order chi connectivity index (χ1) is 8.91. The SMILES string of the molecule is CNC(C)c1csc(N2CCCC(C(F)(F)F)C2)n1. The van der Waals surface area contributed by atoms with Gasteiger partial charge < -0.3 is 10.2 Å². The third-order valence-corrected chi connectivity index (χ3v) is 4.46. The van der Waals surface area contributed by atoms with Gasteiger partial charge >= 0.3 is 6.18 Å². The summed E-state index contributed by atoms with van der Waals surface area (Å²) in [5.41, 5.74) is 0.886. The molecule has 2 heterocycles. The lowest BCUT2D eigenvalue weighted by Gasteiger charge is -2.33. The summed E-state index contributed by atoms with van der Waals surface area (Å²) >= 11 is 1.42. The fourth-order valence-corrected chi connectivity index (χ4v) is 3.14. The fraction of sp³-hybridized carbons (Fsp3) is 0.750. The Labute approximate surface area is 114 Å². The van der Waals surface area contributed by atoms with E-state index in [1.165, 1.54) is 11.3 Å². The summed E-state index contributed by atoms with van der Waals surface area (Å²) in [6.07, 6.45) is -3.30. The Hall–Kier alpha value is -0.820. The largest absolute Gasteiger partial charge is 0.393 e. The van der Waals surface area contributed by atoms with Crippen molar-refractivity contribution in [3.63, 3.8) is 0 Å². The maximum absolute atomic E-state index is 12.8. The number of hydrogen-bond donors (Lipinski definition) is 1. The molecule has 2 atom stereocenters. The van der Waals surface area contributed by atoms with Crippen molar-refractivity contribution in [3.05, 3.63) is 11.1 Å².